The number of ether oxygens (including phenoxy) is 1. The van der Waals surface area contributed by atoms with Crippen LogP contribution in [0.4, 0.5) is 0 Å². The lowest BCUT2D eigenvalue weighted by Gasteiger charge is -2.07. The fourth-order valence-corrected chi connectivity index (χ4v) is 2.34. The molecule has 7 heteroatoms. The molecule has 3 rings (SSSR count). The number of benzene rings is 1. The number of rotatable bonds is 3. The van der Waals surface area contributed by atoms with Gasteiger partial charge in [0.15, 0.2) is 11.5 Å². The molecule has 0 fully saturated rings. The van der Waals surface area contributed by atoms with E-state index in [-0.39, 0.29) is 17.1 Å². The van der Waals surface area contributed by atoms with Crippen molar-refractivity contribution in [2.75, 3.05) is 7.11 Å². The predicted molar refractivity (Wildman–Crippen MR) is 81.0 cm³/mol. The van der Waals surface area contributed by atoms with Crippen LogP contribution in [-0.4, -0.2) is 32.8 Å². The van der Waals surface area contributed by atoms with E-state index >= 15 is 0 Å². The van der Waals surface area contributed by atoms with Gasteiger partial charge < -0.3 is 14.9 Å². The van der Waals surface area contributed by atoms with Gasteiger partial charge >= 0.3 is 5.97 Å². The number of aromatic nitrogens is 2. The summed E-state index contributed by atoms with van der Waals surface area (Å²) in [6, 6.07) is 8.08. The minimum absolute atomic E-state index is 0.0639. The number of phenols is 1. The summed E-state index contributed by atoms with van der Waals surface area (Å²) in [6.45, 7) is 0. The van der Waals surface area contributed by atoms with Crippen molar-refractivity contribution in [1.82, 2.24) is 9.55 Å². The molecule has 2 N–H and O–H groups in total. The Hall–Kier alpha value is -3.53. The standard InChI is InChI=1S/C16H11N3O4/c1-23-14-4-11-10(6-17)8-19(12(11)5-13(14)20)15-3-2-9(7-18-15)16(21)22/h2-5,7-8,20H,1H3,(H,21,22). The molecule has 23 heavy (non-hydrogen) atoms. The molecule has 0 radical (unpaired) electrons. The highest BCUT2D eigenvalue weighted by Gasteiger charge is 2.15. The van der Waals surface area contributed by atoms with Gasteiger partial charge in [-0.1, -0.05) is 0 Å². The van der Waals surface area contributed by atoms with Crippen molar-refractivity contribution in [1.29, 1.82) is 5.26 Å². The number of aromatic hydroxyl groups is 1. The molecular formula is C16H11N3O4. The Morgan fingerprint density at radius 2 is 2.17 bits per heavy atom. The quantitative estimate of drug-likeness (QED) is 0.768. The zero-order valence-corrected chi connectivity index (χ0v) is 12.0. The van der Waals surface area contributed by atoms with Gasteiger partial charge in [0.25, 0.3) is 0 Å². The number of carboxylic acid groups (broad SMARTS) is 1. The summed E-state index contributed by atoms with van der Waals surface area (Å²) >= 11 is 0. The second-order valence-electron chi connectivity index (χ2n) is 4.78. The summed E-state index contributed by atoms with van der Waals surface area (Å²) < 4.78 is 6.67. The Balaban J connectivity index is 2.23. The van der Waals surface area contributed by atoms with Crippen LogP contribution in [0, 0.1) is 11.3 Å². The molecule has 7 nitrogen and oxygen atoms in total. The van der Waals surface area contributed by atoms with Crippen molar-refractivity contribution in [2.24, 2.45) is 0 Å². The molecule has 2 heterocycles. The Morgan fingerprint density at radius 3 is 2.74 bits per heavy atom. The first kappa shape index (κ1) is 14.4. The lowest BCUT2D eigenvalue weighted by molar-refractivity contribution is 0.0696. The summed E-state index contributed by atoms with van der Waals surface area (Å²) in [5.74, 6) is -0.431. The second-order valence-corrected chi connectivity index (χ2v) is 4.78. The van der Waals surface area contributed by atoms with Crippen molar-refractivity contribution in [3.63, 3.8) is 0 Å². The minimum atomic E-state index is -1.07. The van der Waals surface area contributed by atoms with Crippen LogP contribution in [0.3, 0.4) is 0 Å². The van der Waals surface area contributed by atoms with E-state index < -0.39 is 5.97 Å². The van der Waals surface area contributed by atoms with Crippen LogP contribution in [0.5, 0.6) is 11.5 Å². The second kappa shape index (κ2) is 5.35. The minimum Gasteiger partial charge on any atom is -0.504 e. The van der Waals surface area contributed by atoms with Gasteiger partial charge in [-0.3, -0.25) is 4.57 Å². The summed E-state index contributed by atoms with van der Waals surface area (Å²) in [5.41, 5.74) is 1.02. The zero-order chi connectivity index (χ0) is 16.6. The Bertz CT molecular complexity index is 952. The average molecular weight is 309 g/mol. The molecule has 0 saturated heterocycles. The Kier molecular flexibility index (Phi) is 3.35. The number of phenolic OH excluding ortho intramolecular Hbond substituents is 1. The van der Waals surface area contributed by atoms with E-state index in [1.54, 1.807) is 16.8 Å². The van der Waals surface area contributed by atoms with Gasteiger partial charge in [-0.25, -0.2) is 9.78 Å². The lowest BCUT2D eigenvalue weighted by Crippen LogP contribution is -2.00. The average Bonchev–Trinajstić information content (AvgIpc) is 2.91. The van der Waals surface area contributed by atoms with Crippen LogP contribution < -0.4 is 4.74 Å². The number of nitrogens with zero attached hydrogens (tertiary/aromatic N) is 3. The third kappa shape index (κ3) is 2.32. The van der Waals surface area contributed by atoms with E-state index in [1.165, 1.54) is 31.5 Å². The molecule has 0 aliphatic rings. The molecule has 0 bridgehead atoms. The number of nitriles is 1. The first-order valence-corrected chi connectivity index (χ1v) is 6.57. The van der Waals surface area contributed by atoms with Gasteiger partial charge in [0.05, 0.1) is 23.8 Å². The fraction of sp³-hybridized carbons (Fsp3) is 0.0625. The normalized spacial score (nSPS) is 10.4. The van der Waals surface area contributed by atoms with Crippen molar-refractivity contribution >= 4 is 16.9 Å². The highest BCUT2D eigenvalue weighted by molar-refractivity contribution is 5.91. The number of fused-ring (bicyclic) bond motifs is 1. The molecule has 2 aromatic heterocycles. The van der Waals surface area contributed by atoms with E-state index in [2.05, 4.69) is 11.1 Å². The third-order valence-corrected chi connectivity index (χ3v) is 3.47. The van der Waals surface area contributed by atoms with Crippen LogP contribution in [0.1, 0.15) is 15.9 Å². The Labute approximate surface area is 130 Å². The highest BCUT2D eigenvalue weighted by Crippen LogP contribution is 2.34. The SMILES string of the molecule is COc1cc2c(C#N)cn(-c3ccc(C(=O)O)cn3)c2cc1O. The van der Waals surface area contributed by atoms with E-state index in [0.717, 1.165) is 0 Å². The molecule has 0 spiro atoms. The van der Waals surface area contributed by atoms with Gasteiger partial charge in [0.1, 0.15) is 11.9 Å². The monoisotopic (exact) mass is 309 g/mol. The number of carbonyl (C=O) groups is 1. The molecule has 114 valence electrons. The van der Waals surface area contributed by atoms with Gasteiger partial charge in [-0.15, -0.1) is 0 Å². The largest absolute Gasteiger partial charge is 0.504 e. The lowest BCUT2D eigenvalue weighted by atomic mass is 10.1. The van der Waals surface area contributed by atoms with Gasteiger partial charge in [0, 0.05) is 23.8 Å². The molecule has 0 amide bonds. The molecule has 0 unspecified atom stereocenters. The van der Waals surface area contributed by atoms with E-state index in [0.29, 0.717) is 22.3 Å². The summed E-state index contributed by atoms with van der Waals surface area (Å²) in [4.78, 5) is 15.0. The molecule has 0 atom stereocenters. The first-order valence-electron chi connectivity index (χ1n) is 6.57. The van der Waals surface area contributed by atoms with E-state index in [9.17, 15) is 15.2 Å². The maximum Gasteiger partial charge on any atom is 0.337 e. The maximum atomic E-state index is 10.9. The third-order valence-electron chi connectivity index (χ3n) is 3.47. The van der Waals surface area contributed by atoms with Crippen LogP contribution in [0.25, 0.3) is 16.7 Å². The van der Waals surface area contributed by atoms with Gasteiger partial charge in [-0.2, -0.15) is 5.26 Å². The van der Waals surface area contributed by atoms with E-state index in [1.807, 2.05) is 0 Å². The highest BCUT2D eigenvalue weighted by atomic mass is 16.5. The smallest absolute Gasteiger partial charge is 0.337 e. The number of pyridine rings is 1. The van der Waals surface area contributed by atoms with Crippen molar-refractivity contribution in [2.45, 2.75) is 0 Å². The molecule has 0 aliphatic heterocycles. The van der Waals surface area contributed by atoms with Crippen LogP contribution in [0.2, 0.25) is 0 Å². The Morgan fingerprint density at radius 1 is 1.39 bits per heavy atom. The topological polar surface area (TPSA) is 108 Å². The maximum absolute atomic E-state index is 10.9. The van der Waals surface area contributed by atoms with Crippen molar-refractivity contribution < 1.29 is 19.7 Å². The molecule has 0 saturated carbocycles. The number of hydrogen-bond acceptors (Lipinski definition) is 5. The summed E-state index contributed by atoms with van der Waals surface area (Å²) in [7, 11) is 1.43. The molecule has 3 aromatic rings. The summed E-state index contributed by atoms with van der Waals surface area (Å²) in [5, 5.41) is 28.8. The molecular weight excluding hydrogens is 298 g/mol. The van der Waals surface area contributed by atoms with Crippen molar-refractivity contribution in [3.8, 4) is 23.4 Å². The summed E-state index contributed by atoms with van der Waals surface area (Å²) in [6.07, 6.45) is 2.81. The van der Waals surface area contributed by atoms with Gasteiger partial charge in [-0.05, 0) is 18.2 Å². The van der Waals surface area contributed by atoms with Gasteiger partial charge in [0.2, 0.25) is 0 Å². The van der Waals surface area contributed by atoms with Crippen molar-refractivity contribution in [3.05, 3.63) is 47.8 Å². The number of hydrogen-bond donors (Lipinski definition) is 2. The van der Waals surface area contributed by atoms with E-state index in [4.69, 9.17) is 9.84 Å². The number of carboxylic acids is 1. The van der Waals surface area contributed by atoms with Crippen LogP contribution in [0.15, 0.2) is 36.7 Å². The van der Waals surface area contributed by atoms with Crippen LogP contribution >= 0.6 is 0 Å². The zero-order valence-electron chi connectivity index (χ0n) is 12.0. The molecule has 1 aromatic carbocycles. The first-order chi connectivity index (χ1) is 11.0. The molecule has 0 aliphatic carbocycles. The number of methoxy groups -OCH3 is 1. The fourth-order valence-electron chi connectivity index (χ4n) is 2.34. The predicted octanol–water partition coefficient (Wildman–Crippen LogP) is 2.31. The van der Waals surface area contributed by atoms with Crippen LogP contribution in [-0.2, 0) is 0 Å². The number of aromatic carboxylic acids is 1.